The van der Waals surface area contributed by atoms with E-state index < -0.39 is 10.0 Å². The number of para-hydroxylation sites is 2. The normalized spacial score (nSPS) is 12.3. The molecule has 0 spiro atoms. The highest BCUT2D eigenvalue weighted by Crippen LogP contribution is 2.25. The summed E-state index contributed by atoms with van der Waals surface area (Å²) in [7, 11) is -1.91. The molecule has 0 aliphatic heterocycles. The summed E-state index contributed by atoms with van der Waals surface area (Å²) in [5, 5.41) is 2.86. The minimum atomic E-state index is -3.47. The van der Waals surface area contributed by atoms with Gasteiger partial charge in [-0.25, -0.2) is 8.42 Å². The van der Waals surface area contributed by atoms with E-state index in [-0.39, 0.29) is 23.2 Å². The second-order valence-corrected chi connectivity index (χ2v) is 7.11. The van der Waals surface area contributed by atoms with Gasteiger partial charge in [0.2, 0.25) is 10.0 Å². The van der Waals surface area contributed by atoms with E-state index in [9.17, 15) is 13.2 Å². The van der Waals surface area contributed by atoms with Crippen LogP contribution in [0.4, 0.5) is 5.69 Å². The zero-order valence-corrected chi connectivity index (χ0v) is 14.6. The molecular formula is C17H20N2O4S. The Morgan fingerprint density at radius 3 is 2.38 bits per heavy atom. The van der Waals surface area contributed by atoms with Crippen LogP contribution in [-0.2, 0) is 10.0 Å². The summed E-state index contributed by atoms with van der Waals surface area (Å²) >= 11 is 0. The topological polar surface area (TPSA) is 84.5 Å². The number of methoxy groups -OCH3 is 1. The number of amides is 1. The van der Waals surface area contributed by atoms with Gasteiger partial charge in [-0.05, 0) is 25.1 Å². The number of hydrogen-bond donors (Lipinski definition) is 2. The summed E-state index contributed by atoms with van der Waals surface area (Å²) in [6.07, 6.45) is 1.04. The lowest BCUT2D eigenvalue weighted by Crippen LogP contribution is -2.28. The third-order valence-electron chi connectivity index (χ3n) is 3.42. The zero-order chi connectivity index (χ0) is 17.7. The molecule has 7 heteroatoms. The third-order valence-corrected chi connectivity index (χ3v) is 4.01. The van der Waals surface area contributed by atoms with Crippen molar-refractivity contribution < 1.29 is 17.9 Å². The highest BCUT2D eigenvalue weighted by Gasteiger charge is 2.18. The van der Waals surface area contributed by atoms with Gasteiger partial charge >= 0.3 is 0 Å². The van der Waals surface area contributed by atoms with Crippen LogP contribution in [0.2, 0.25) is 0 Å². The van der Waals surface area contributed by atoms with Gasteiger partial charge in [0, 0.05) is 5.56 Å². The van der Waals surface area contributed by atoms with Crippen molar-refractivity contribution in [3.05, 3.63) is 59.7 Å². The second kappa shape index (κ2) is 7.35. The van der Waals surface area contributed by atoms with Crippen LogP contribution in [0.3, 0.4) is 0 Å². The van der Waals surface area contributed by atoms with Crippen molar-refractivity contribution in [2.75, 3.05) is 18.1 Å². The molecule has 2 aromatic carbocycles. The highest BCUT2D eigenvalue weighted by atomic mass is 32.2. The standard InChI is InChI=1S/C17H20N2O4S/c1-12(13-8-5-7-11-16(13)23-2)18-17(20)14-9-4-6-10-15(14)19-24(3,21)22/h4-12,19H,1-3H3,(H,18,20). The molecule has 0 fully saturated rings. The Morgan fingerprint density at radius 2 is 1.71 bits per heavy atom. The van der Waals surface area contributed by atoms with Gasteiger partial charge in [-0.2, -0.15) is 0 Å². The van der Waals surface area contributed by atoms with Crippen LogP contribution in [0, 0.1) is 0 Å². The molecule has 6 nitrogen and oxygen atoms in total. The van der Waals surface area contributed by atoms with E-state index in [1.807, 2.05) is 31.2 Å². The van der Waals surface area contributed by atoms with E-state index in [4.69, 9.17) is 4.74 Å². The van der Waals surface area contributed by atoms with Gasteiger partial charge in [0.1, 0.15) is 5.75 Å². The first-order chi connectivity index (χ1) is 11.3. The van der Waals surface area contributed by atoms with Gasteiger partial charge in [0.25, 0.3) is 5.91 Å². The average Bonchev–Trinajstić information content (AvgIpc) is 2.53. The fourth-order valence-electron chi connectivity index (χ4n) is 2.35. The van der Waals surface area contributed by atoms with Crippen LogP contribution in [0.15, 0.2) is 48.5 Å². The Kier molecular flexibility index (Phi) is 5.46. The van der Waals surface area contributed by atoms with Crippen molar-refractivity contribution in [2.45, 2.75) is 13.0 Å². The van der Waals surface area contributed by atoms with Crippen LogP contribution in [0.5, 0.6) is 5.75 Å². The predicted octanol–water partition coefficient (Wildman–Crippen LogP) is 2.56. The Labute approximate surface area is 141 Å². The van der Waals surface area contributed by atoms with Crippen LogP contribution >= 0.6 is 0 Å². The van der Waals surface area contributed by atoms with Crippen LogP contribution < -0.4 is 14.8 Å². The molecule has 0 aliphatic carbocycles. The Bertz CT molecular complexity index is 834. The molecule has 24 heavy (non-hydrogen) atoms. The number of hydrogen-bond acceptors (Lipinski definition) is 4. The summed E-state index contributed by atoms with van der Waals surface area (Å²) in [5.41, 5.74) is 1.33. The lowest BCUT2D eigenvalue weighted by Gasteiger charge is -2.18. The van der Waals surface area contributed by atoms with Crippen molar-refractivity contribution in [1.29, 1.82) is 0 Å². The predicted molar refractivity (Wildman–Crippen MR) is 93.8 cm³/mol. The molecule has 0 aromatic heterocycles. The number of rotatable bonds is 6. The van der Waals surface area contributed by atoms with Gasteiger partial charge in [0.15, 0.2) is 0 Å². The van der Waals surface area contributed by atoms with Crippen molar-refractivity contribution in [3.63, 3.8) is 0 Å². The van der Waals surface area contributed by atoms with Gasteiger partial charge in [-0.15, -0.1) is 0 Å². The summed E-state index contributed by atoms with van der Waals surface area (Å²) in [6.45, 7) is 1.84. The first-order valence-corrected chi connectivity index (χ1v) is 9.21. The zero-order valence-electron chi connectivity index (χ0n) is 13.7. The molecule has 2 aromatic rings. The summed E-state index contributed by atoms with van der Waals surface area (Å²) in [4.78, 5) is 12.5. The van der Waals surface area contributed by atoms with E-state index in [1.54, 1.807) is 31.4 Å². The Morgan fingerprint density at radius 1 is 1.08 bits per heavy atom. The molecular weight excluding hydrogens is 328 g/mol. The smallest absolute Gasteiger partial charge is 0.253 e. The fourth-order valence-corrected chi connectivity index (χ4v) is 2.92. The number of sulfonamides is 1. The number of nitrogens with one attached hydrogen (secondary N) is 2. The van der Waals surface area contributed by atoms with E-state index in [0.717, 1.165) is 11.8 Å². The third kappa shape index (κ3) is 4.48. The minimum absolute atomic E-state index is 0.240. The van der Waals surface area contributed by atoms with Gasteiger partial charge < -0.3 is 10.1 Å². The number of ether oxygens (including phenoxy) is 1. The SMILES string of the molecule is COc1ccccc1C(C)NC(=O)c1ccccc1NS(C)(=O)=O. The Hall–Kier alpha value is -2.54. The molecule has 0 saturated heterocycles. The van der Waals surface area contributed by atoms with Gasteiger partial charge in [-0.1, -0.05) is 30.3 Å². The summed E-state index contributed by atoms with van der Waals surface area (Å²) in [5.74, 6) is 0.299. The quantitative estimate of drug-likeness (QED) is 0.840. The van der Waals surface area contributed by atoms with E-state index in [1.165, 1.54) is 0 Å². The van der Waals surface area contributed by atoms with Crippen molar-refractivity contribution >= 4 is 21.6 Å². The van der Waals surface area contributed by atoms with Crippen molar-refractivity contribution in [2.24, 2.45) is 0 Å². The number of carbonyl (C=O) groups is 1. The maximum atomic E-state index is 12.5. The molecule has 0 radical (unpaired) electrons. The van der Waals surface area contributed by atoms with Crippen LogP contribution in [0.1, 0.15) is 28.9 Å². The summed E-state index contributed by atoms with van der Waals surface area (Å²) < 4.78 is 30.5. The first-order valence-electron chi connectivity index (χ1n) is 7.32. The molecule has 1 unspecified atom stereocenters. The maximum Gasteiger partial charge on any atom is 0.253 e. The largest absolute Gasteiger partial charge is 0.496 e. The molecule has 0 saturated carbocycles. The summed E-state index contributed by atoms with van der Waals surface area (Å²) in [6, 6.07) is 13.5. The van der Waals surface area contributed by atoms with E-state index in [0.29, 0.717) is 5.75 Å². The molecule has 0 aliphatic rings. The lowest BCUT2D eigenvalue weighted by molar-refractivity contribution is 0.0940. The Balaban J connectivity index is 2.24. The second-order valence-electron chi connectivity index (χ2n) is 5.36. The molecule has 2 N–H and O–H groups in total. The number of carbonyl (C=O) groups excluding carboxylic acids is 1. The molecule has 0 bridgehead atoms. The van der Waals surface area contributed by atoms with E-state index in [2.05, 4.69) is 10.0 Å². The molecule has 2 rings (SSSR count). The molecule has 0 heterocycles. The first kappa shape index (κ1) is 17.8. The van der Waals surface area contributed by atoms with Crippen molar-refractivity contribution in [3.8, 4) is 5.75 Å². The van der Waals surface area contributed by atoms with E-state index >= 15 is 0 Å². The minimum Gasteiger partial charge on any atom is -0.496 e. The number of benzene rings is 2. The molecule has 1 amide bonds. The van der Waals surface area contributed by atoms with Gasteiger partial charge in [0.05, 0.1) is 30.7 Å². The fraction of sp³-hybridized carbons (Fsp3) is 0.235. The molecule has 1 atom stereocenters. The number of anilines is 1. The average molecular weight is 348 g/mol. The monoisotopic (exact) mass is 348 g/mol. The van der Waals surface area contributed by atoms with Crippen molar-refractivity contribution in [1.82, 2.24) is 5.32 Å². The van der Waals surface area contributed by atoms with Crippen LogP contribution in [-0.4, -0.2) is 27.7 Å². The van der Waals surface area contributed by atoms with Gasteiger partial charge in [-0.3, -0.25) is 9.52 Å². The molecule has 128 valence electrons. The highest BCUT2D eigenvalue weighted by molar-refractivity contribution is 7.92. The maximum absolute atomic E-state index is 12.5. The lowest BCUT2D eigenvalue weighted by atomic mass is 10.1. The van der Waals surface area contributed by atoms with Crippen LogP contribution in [0.25, 0.3) is 0 Å².